The van der Waals surface area contributed by atoms with Gasteiger partial charge in [0.25, 0.3) is 10.0 Å². The van der Waals surface area contributed by atoms with Crippen LogP contribution in [0.1, 0.15) is 29.9 Å². The number of rotatable bonds is 4. The molecule has 0 saturated carbocycles. The van der Waals surface area contributed by atoms with Crippen LogP contribution in [0, 0.1) is 6.92 Å². The van der Waals surface area contributed by atoms with Gasteiger partial charge in [-0.1, -0.05) is 17.7 Å². The molecule has 7 heteroatoms. The first-order valence-electron chi connectivity index (χ1n) is 6.97. The van der Waals surface area contributed by atoms with Crippen molar-refractivity contribution < 1.29 is 17.3 Å². The Balaban J connectivity index is 2.15. The molecule has 0 aliphatic carbocycles. The number of hydrogen-bond donors (Lipinski definition) is 0. The van der Waals surface area contributed by atoms with Gasteiger partial charge in [-0.3, -0.25) is 0 Å². The van der Waals surface area contributed by atoms with Crippen LogP contribution in [-0.2, 0) is 10.0 Å². The Labute approximate surface area is 133 Å². The number of nitrogens with zero attached hydrogens (tertiary/aromatic N) is 1. The average molecular weight is 333 g/mol. The highest BCUT2D eigenvalue weighted by Gasteiger charge is 2.28. The summed E-state index contributed by atoms with van der Waals surface area (Å²) >= 11 is 0. The van der Waals surface area contributed by atoms with Gasteiger partial charge in [0.05, 0.1) is 22.8 Å². The van der Waals surface area contributed by atoms with E-state index in [1.165, 1.54) is 18.4 Å². The Morgan fingerprint density at radius 1 is 1.09 bits per heavy atom. The molecule has 1 unspecified atom stereocenters. The second-order valence-corrected chi connectivity index (χ2v) is 7.03. The zero-order valence-electron chi connectivity index (χ0n) is 12.6. The summed E-state index contributed by atoms with van der Waals surface area (Å²) in [5.74, 6) is -0.852. The smallest absolute Gasteiger partial charge is 0.433 e. The van der Waals surface area contributed by atoms with Crippen LogP contribution in [0.15, 0.2) is 67.4 Å². The van der Waals surface area contributed by atoms with E-state index in [9.17, 15) is 13.2 Å². The molecule has 120 valence electrons. The van der Waals surface area contributed by atoms with Crippen LogP contribution in [0.2, 0.25) is 0 Å². The van der Waals surface area contributed by atoms with E-state index >= 15 is 0 Å². The molecule has 0 bridgehead atoms. The van der Waals surface area contributed by atoms with Crippen molar-refractivity contribution in [3.63, 3.8) is 0 Å². The number of furan rings is 1. The summed E-state index contributed by atoms with van der Waals surface area (Å²) in [7, 11) is -4.04. The highest BCUT2D eigenvalue weighted by atomic mass is 32.2. The van der Waals surface area contributed by atoms with Crippen LogP contribution in [0.25, 0.3) is 0 Å². The number of aryl methyl sites for hydroxylation is 1. The van der Waals surface area contributed by atoms with Gasteiger partial charge < -0.3 is 8.83 Å². The molecule has 3 rings (SSSR count). The van der Waals surface area contributed by atoms with Gasteiger partial charge in [0.1, 0.15) is 12.0 Å². The molecule has 0 N–H and O–H groups in total. The molecule has 2 heterocycles. The molecule has 0 aliphatic heterocycles. The molecule has 1 atom stereocenters. The van der Waals surface area contributed by atoms with Crippen molar-refractivity contribution >= 4 is 10.0 Å². The Hall–Kier alpha value is -2.54. The quantitative estimate of drug-likeness (QED) is 0.733. The zero-order chi connectivity index (χ0) is 16.6. The van der Waals surface area contributed by atoms with Crippen LogP contribution >= 0.6 is 0 Å². The van der Waals surface area contributed by atoms with Crippen LogP contribution in [-0.4, -0.2) is 12.4 Å². The summed E-state index contributed by atoms with van der Waals surface area (Å²) in [6.07, 6.45) is 2.64. The predicted molar refractivity (Wildman–Crippen MR) is 83.0 cm³/mol. The van der Waals surface area contributed by atoms with E-state index in [2.05, 4.69) is 0 Å². The molecule has 3 aromatic rings. The maximum atomic E-state index is 12.8. The molecular formula is C16H15NO5S. The number of aromatic nitrogens is 1. The normalized spacial score (nSPS) is 13.1. The monoisotopic (exact) mass is 333 g/mol. The SMILES string of the molecule is Cc1ccc(S(=O)(=O)n2c(C(C)c3ccco3)coc2=O)cc1. The van der Waals surface area contributed by atoms with Gasteiger partial charge >= 0.3 is 5.76 Å². The molecule has 0 amide bonds. The lowest BCUT2D eigenvalue weighted by molar-refractivity contribution is 0.489. The third-order valence-electron chi connectivity index (χ3n) is 3.65. The number of hydrogen-bond acceptors (Lipinski definition) is 5. The molecule has 6 nitrogen and oxygen atoms in total. The minimum atomic E-state index is -4.04. The molecule has 2 aromatic heterocycles. The second kappa shape index (κ2) is 5.58. The van der Waals surface area contributed by atoms with E-state index in [-0.39, 0.29) is 10.6 Å². The second-order valence-electron chi connectivity index (χ2n) is 5.25. The minimum Gasteiger partial charge on any atom is -0.469 e. The van der Waals surface area contributed by atoms with Crippen LogP contribution in [0.3, 0.4) is 0 Å². The van der Waals surface area contributed by atoms with Crippen LogP contribution < -0.4 is 5.76 Å². The number of benzene rings is 1. The Morgan fingerprint density at radius 3 is 2.39 bits per heavy atom. The summed E-state index contributed by atoms with van der Waals surface area (Å²) in [5.41, 5.74) is 1.14. The Morgan fingerprint density at radius 2 is 1.78 bits per heavy atom. The molecule has 0 radical (unpaired) electrons. The molecular weight excluding hydrogens is 318 g/mol. The highest BCUT2D eigenvalue weighted by molar-refractivity contribution is 7.90. The summed E-state index contributed by atoms with van der Waals surface area (Å²) < 4.78 is 36.4. The lowest BCUT2D eigenvalue weighted by Crippen LogP contribution is -2.26. The zero-order valence-corrected chi connectivity index (χ0v) is 13.4. The minimum absolute atomic E-state index is 0.0273. The Kier molecular flexibility index (Phi) is 3.73. The molecule has 1 aromatic carbocycles. The third-order valence-corrected chi connectivity index (χ3v) is 5.36. The van der Waals surface area contributed by atoms with E-state index in [4.69, 9.17) is 8.83 Å². The fraction of sp³-hybridized carbons (Fsp3) is 0.188. The molecule has 0 spiro atoms. The van der Waals surface area contributed by atoms with Crippen molar-refractivity contribution in [3.05, 3.63) is 76.5 Å². The van der Waals surface area contributed by atoms with Crippen molar-refractivity contribution in [2.45, 2.75) is 24.7 Å². The van der Waals surface area contributed by atoms with Gasteiger partial charge in [0.15, 0.2) is 0 Å². The van der Waals surface area contributed by atoms with Crippen molar-refractivity contribution in [2.75, 3.05) is 0 Å². The van der Waals surface area contributed by atoms with Crippen LogP contribution in [0.5, 0.6) is 0 Å². The summed E-state index contributed by atoms with van der Waals surface area (Å²) in [4.78, 5) is 12.0. The fourth-order valence-electron chi connectivity index (χ4n) is 2.33. The molecule has 0 aliphatic rings. The molecule has 0 saturated heterocycles. The van der Waals surface area contributed by atoms with E-state index < -0.39 is 21.7 Å². The molecule has 23 heavy (non-hydrogen) atoms. The largest absolute Gasteiger partial charge is 0.469 e. The average Bonchev–Trinajstić information content (AvgIpc) is 3.16. The maximum Gasteiger partial charge on any atom is 0.433 e. The first kappa shape index (κ1) is 15.4. The van der Waals surface area contributed by atoms with Gasteiger partial charge in [0.2, 0.25) is 0 Å². The van der Waals surface area contributed by atoms with Gasteiger partial charge in [0, 0.05) is 0 Å². The lowest BCUT2D eigenvalue weighted by Gasteiger charge is -2.11. The third kappa shape index (κ3) is 2.63. The molecule has 0 fully saturated rings. The van der Waals surface area contributed by atoms with Gasteiger partial charge in [-0.15, -0.1) is 0 Å². The first-order chi connectivity index (χ1) is 10.9. The van der Waals surface area contributed by atoms with Crippen LogP contribution in [0.4, 0.5) is 0 Å². The number of oxazole rings is 1. The Bertz CT molecular complexity index is 962. The van der Waals surface area contributed by atoms with Crippen molar-refractivity contribution in [1.82, 2.24) is 3.97 Å². The lowest BCUT2D eigenvalue weighted by atomic mass is 10.1. The summed E-state index contributed by atoms with van der Waals surface area (Å²) in [6, 6.07) is 9.69. The van der Waals surface area contributed by atoms with Gasteiger partial charge in [-0.25, -0.2) is 13.2 Å². The van der Waals surface area contributed by atoms with Crippen molar-refractivity contribution in [3.8, 4) is 0 Å². The highest BCUT2D eigenvalue weighted by Crippen LogP contribution is 2.26. The summed E-state index contributed by atoms with van der Waals surface area (Å²) in [5, 5.41) is 0. The van der Waals surface area contributed by atoms with E-state index in [0.717, 1.165) is 11.8 Å². The van der Waals surface area contributed by atoms with Gasteiger partial charge in [-0.2, -0.15) is 3.97 Å². The fourth-order valence-corrected chi connectivity index (χ4v) is 3.73. The van der Waals surface area contributed by atoms with E-state index in [1.54, 1.807) is 31.2 Å². The van der Waals surface area contributed by atoms with Crippen molar-refractivity contribution in [2.24, 2.45) is 0 Å². The van der Waals surface area contributed by atoms with E-state index in [1.807, 2.05) is 6.92 Å². The van der Waals surface area contributed by atoms with Crippen molar-refractivity contribution in [1.29, 1.82) is 0 Å². The predicted octanol–water partition coefficient (Wildman–Crippen LogP) is 2.73. The summed E-state index contributed by atoms with van der Waals surface area (Å²) in [6.45, 7) is 3.59. The standard InChI is InChI=1S/C16H15NO5S/c1-11-5-7-13(8-6-11)23(19,20)17-14(10-22-16(17)18)12(2)15-4-3-9-21-15/h3-10,12H,1-2H3. The van der Waals surface area contributed by atoms with Gasteiger partial charge in [-0.05, 0) is 38.1 Å². The van der Waals surface area contributed by atoms with E-state index in [0.29, 0.717) is 9.73 Å². The first-order valence-corrected chi connectivity index (χ1v) is 8.41. The maximum absolute atomic E-state index is 12.8. The topological polar surface area (TPSA) is 82.4 Å².